The number of hydrogen-bond donors (Lipinski definition) is 1. The molecule has 0 aliphatic rings. The van der Waals surface area contributed by atoms with Crippen molar-refractivity contribution in [3.8, 4) is 5.75 Å². The number of benzene rings is 4. The van der Waals surface area contributed by atoms with Gasteiger partial charge < -0.3 is 9.67 Å². The summed E-state index contributed by atoms with van der Waals surface area (Å²) in [7, 11) is -3.22. The monoisotopic (exact) mass is 418 g/mol. The summed E-state index contributed by atoms with van der Waals surface area (Å²) in [5, 5.41) is 12.8. The Bertz CT molecular complexity index is 1100. The topological polar surface area (TPSA) is 37.3 Å². The van der Waals surface area contributed by atoms with Gasteiger partial charge >= 0.3 is 0 Å². The van der Waals surface area contributed by atoms with Gasteiger partial charge in [0, 0.05) is 21.2 Å². The highest BCUT2D eigenvalue weighted by atomic mass is 35.5. The predicted molar refractivity (Wildman–Crippen MR) is 121 cm³/mol. The standard InChI is InChI=1S/C25H20ClO2P/c26-20-17-15-19(16-18-20)25(23-13-7-8-14-24(23)27)29(28,21-9-3-1-4-10-21)22-11-5-2-6-12-22/h1-18,25,27H. The smallest absolute Gasteiger partial charge is 0.154 e. The molecule has 0 fully saturated rings. The van der Waals surface area contributed by atoms with Gasteiger partial charge in [0.2, 0.25) is 0 Å². The Labute approximate surface area is 175 Å². The van der Waals surface area contributed by atoms with E-state index in [4.69, 9.17) is 11.6 Å². The molecule has 0 amide bonds. The third kappa shape index (κ3) is 3.74. The number of phenolic OH excluding ortho intramolecular Hbond substituents is 1. The highest BCUT2D eigenvalue weighted by Crippen LogP contribution is 2.61. The molecule has 0 radical (unpaired) electrons. The van der Waals surface area contributed by atoms with Crippen LogP contribution in [-0.2, 0) is 4.57 Å². The van der Waals surface area contributed by atoms with E-state index in [2.05, 4.69) is 0 Å². The minimum absolute atomic E-state index is 0.125. The number of phenols is 1. The predicted octanol–water partition coefficient (Wildman–Crippen LogP) is 6.15. The van der Waals surface area contributed by atoms with Crippen molar-refractivity contribution >= 4 is 29.4 Å². The van der Waals surface area contributed by atoms with Crippen LogP contribution < -0.4 is 10.6 Å². The molecule has 0 saturated carbocycles. The molecule has 4 heteroatoms. The third-order valence-electron chi connectivity index (χ3n) is 5.06. The van der Waals surface area contributed by atoms with Crippen LogP contribution in [-0.4, -0.2) is 5.11 Å². The summed E-state index contributed by atoms with van der Waals surface area (Å²) < 4.78 is 15.0. The molecule has 2 nitrogen and oxygen atoms in total. The molecule has 0 aliphatic carbocycles. The van der Waals surface area contributed by atoms with Crippen LogP contribution in [0.3, 0.4) is 0 Å². The second kappa shape index (κ2) is 8.29. The van der Waals surface area contributed by atoms with E-state index in [-0.39, 0.29) is 5.75 Å². The Hall–Kier alpha value is -2.80. The van der Waals surface area contributed by atoms with Crippen molar-refractivity contribution in [3.63, 3.8) is 0 Å². The molecule has 4 aromatic carbocycles. The summed E-state index contributed by atoms with van der Waals surface area (Å²) in [6.07, 6.45) is 0. The lowest BCUT2D eigenvalue weighted by atomic mass is 10.0. The molecule has 4 rings (SSSR count). The molecule has 29 heavy (non-hydrogen) atoms. The zero-order chi connectivity index (χ0) is 20.3. The van der Waals surface area contributed by atoms with E-state index in [0.717, 1.165) is 16.2 Å². The van der Waals surface area contributed by atoms with Gasteiger partial charge in [-0.1, -0.05) is 103 Å². The molecule has 144 valence electrons. The summed E-state index contributed by atoms with van der Waals surface area (Å²) in [6, 6.07) is 33.5. The van der Waals surface area contributed by atoms with Gasteiger partial charge in [-0.05, 0) is 23.8 Å². The van der Waals surface area contributed by atoms with Gasteiger partial charge in [0.05, 0.1) is 5.66 Å². The summed E-state index contributed by atoms with van der Waals surface area (Å²) in [6.45, 7) is 0. The van der Waals surface area contributed by atoms with Gasteiger partial charge in [0.1, 0.15) is 5.75 Å². The zero-order valence-corrected chi connectivity index (χ0v) is 17.3. The maximum atomic E-state index is 15.0. The number of aromatic hydroxyl groups is 1. The Morgan fingerprint density at radius 2 is 1.14 bits per heavy atom. The van der Waals surface area contributed by atoms with Crippen molar-refractivity contribution in [1.82, 2.24) is 0 Å². The van der Waals surface area contributed by atoms with Crippen molar-refractivity contribution in [1.29, 1.82) is 0 Å². The quantitative estimate of drug-likeness (QED) is 0.395. The number of rotatable bonds is 5. The average molecular weight is 419 g/mol. The van der Waals surface area contributed by atoms with Crippen molar-refractivity contribution in [2.45, 2.75) is 5.66 Å². The van der Waals surface area contributed by atoms with Gasteiger partial charge in [-0.2, -0.15) is 0 Å². The van der Waals surface area contributed by atoms with Crippen LogP contribution in [0.1, 0.15) is 16.8 Å². The summed E-state index contributed by atoms with van der Waals surface area (Å²) in [4.78, 5) is 0. The third-order valence-corrected chi connectivity index (χ3v) is 8.75. The number of para-hydroxylation sites is 1. The molecule has 0 heterocycles. The van der Waals surface area contributed by atoms with E-state index in [1.165, 1.54) is 0 Å². The Kier molecular flexibility index (Phi) is 5.58. The van der Waals surface area contributed by atoms with E-state index in [9.17, 15) is 5.11 Å². The highest BCUT2D eigenvalue weighted by Gasteiger charge is 2.40. The van der Waals surface area contributed by atoms with E-state index in [0.29, 0.717) is 10.6 Å². The van der Waals surface area contributed by atoms with Crippen LogP contribution in [0, 0.1) is 0 Å². The van der Waals surface area contributed by atoms with Crippen LogP contribution in [0.25, 0.3) is 0 Å². The SMILES string of the molecule is O=P(c1ccccc1)(c1ccccc1)C(c1ccc(Cl)cc1)c1ccccc1O. The van der Waals surface area contributed by atoms with E-state index in [1.54, 1.807) is 24.3 Å². The van der Waals surface area contributed by atoms with Crippen molar-refractivity contribution in [3.05, 3.63) is 125 Å². The van der Waals surface area contributed by atoms with Crippen LogP contribution in [0.2, 0.25) is 5.02 Å². The van der Waals surface area contributed by atoms with Crippen molar-refractivity contribution in [2.24, 2.45) is 0 Å². The fourth-order valence-corrected chi connectivity index (χ4v) is 7.15. The minimum Gasteiger partial charge on any atom is -0.508 e. The number of halogens is 1. The average Bonchev–Trinajstić information content (AvgIpc) is 2.77. The fraction of sp³-hybridized carbons (Fsp3) is 0.0400. The first kappa shape index (κ1) is 19.5. The summed E-state index contributed by atoms with van der Waals surface area (Å²) >= 11 is 6.12. The molecular weight excluding hydrogens is 399 g/mol. The second-order valence-corrected chi connectivity index (χ2v) is 10.1. The molecule has 1 N–H and O–H groups in total. The maximum Gasteiger partial charge on any atom is 0.154 e. The lowest BCUT2D eigenvalue weighted by molar-refractivity contribution is 0.468. The van der Waals surface area contributed by atoms with Crippen LogP contribution in [0.15, 0.2) is 109 Å². The lowest BCUT2D eigenvalue weighted by Crippen LogP contribution is -2.22. The summed E-state index contributed by atoms with van der Waals surface area (Å²) in [5.41, 5.74) is 0.920. The first-order valence-corrected chi connectivity index (χ1v) is 11.5. The van der Waals surface area contributed by atoms with E-state index >= 15 is 4.57 Å². The molecule has 0 aliphatic heterocycles. The maximum absolute atomic E-state index is 15.0. The Balaban J connectivity index is 2.06. The highest BCUT2D eigenvalue weighted by molar-refractivity contribution is 7.79. The molecule has 0 spiro atoms. The molecule has 4 aromatic rings. The molecule has 0 saturated heterocycles. The van der Waals surface area contributed by atoms with Crippen LogP contribution >= 0.6 is 18.7 Å². The van der Waals surface area contributed by atoms with Gasteiger partial charge in [-0.3, -0.25) is 0 Å². The van der Waals surface area contributed by atoms with Gasteiger partial charge in [-0.25, -0.2) is 0 Å². The Morgan fingerprint density at radius 3 is 1.66 bits per heavy atom. The van der Waals surface area contributed by atoms with Crippen LogP contribution in [0.5, 0.6) is 5.75 Å². The minimum atomic E-state index is -3.22. The van der Waals surface area contributed by atoms with E-state index in [1.807, 2.05) is 84.9 Å². The van der Waals surface area contributed by atoms with Gasteiger partial charge in [-0.15, -0.1) is 0 Å². The largest absolute Gasteiger partial charge is 0.508 e. The second-order valence-electron chi connectivity index (χ2n) is 6.84. The van der Waals surface area contributed by atoms with Gasteiger partial charge in [0.15, 0.2) is 7.14 Å². The fourth-order valence-electron chi connectivity index (χ4n) is 3.70. The van der Waals surface area contributed by atoms with Crippen molar-refractivity contribution < 1.29 is 9.67 Å². The van der Waals surface area contributed by atoms with Crippen LogP contribution in [0.4, 0.5) is 0 Å². The first-order valence-electron chi connectivity index (χ1n) is 9.35. The first-order chi connectivity index (χ1) is 14.1. The number of hydrogen-bond acceptors (Lipinski definition) is 2. The van der Waals surface area contributed by atoms with E-state index < -0.39 is 12.8 Å². The molecule has 1 unspecified atom stereocenters. The molecule has 1 atom stereocenters. The molecule has 0 bridgehead atoms. The molecule has 0 aromatic heterocycles. The van der Waals surface area contributed by atoms with Gasteiger partial charge in [0.25, 0.3) is 0 Å². The zero-order valence-electron chi connectivity index (χ0n) is 15.7. The van der Waals surface area contributed by atoms with Crippen molar-refractivity contribution in [2.75, 3.05) is 0 Å². The lowest BCUT2D eigenvalue weighted by Gasteiger charge is -2.30. The summed E-state index contributed by atoms with van der Waals surface area (Å²) in [5.74, 6) is 0.125. The Morgan fingerprint density at radius 1 is 0.655 bits per heavy atom. The molecular formula is C25H20ClO2P. The normalized spacial score (nSPS) is 12.4.